The number of rotatable bonds is 30. The summed E-state index contributed by atoms with van der Waals surface area (Å²) in [6.07, 6.45) is 10.1. The molecule has 0 fully saturated rings. The molecule has 0 saturated carbocycles. The van der Waals surface area contributed by atoms with Crippen LogP contribution in [0.25, 0.3) is 0 Å². The lowest BCUT2D eigenvalue weighted by Crippen LogP contribution is -2.36. The average molecular weight is 558 g/mol. The van der Waals surface area contributed by atoms with Gasteiger partial charge in [-0.25, -0.2) is 0 Å². The highest BCUT2D eigenvalue weighted by atomic mass is 16.5. The molecule has 0 aromatic heterocycles. The smallest absolute Gasteiger partial charge is 0.307 e. The van der Waals surface area contributed by atoms with Crippen LogP contribution in [-0.4, -0.2) is 90.6 Å². The van der Waals surface area contributed by atoms with Gasteiger partial charge in [0.05, 0.1) is 26.1 Å². The van der Waals surface area contributed by atoms with Crippen LogP contribution in [0.2, 0.25) is 0 Å². The zero-order chi connectivity index (χ0) is 28.8. The lowest BCUT2D eigenvalue weighted by molar-refractivity contribution is -0.146. The van der Waals surface area contributed by atoms with E-state index in [4.69, 9.17) is 9.47 Å². The summed E-state index contributed by atoms with van der Waals surface area (Å²) in [4.78, 5) is 23.7. The summed E-state index contributed by atoms with van der Waals surface area (Å²) in [5.41, 5.74) is 0. The molecule has 0 radical (unpaired) electrons. The van der Waals surface area contributed by atoms with Crippen molar-refractivity contribution in [1.82, 2.24) is 26.6 Å². The van der Waals surface area contributed by atoms with Gasteiger partial charge in [0.1, 0.15) is 0 Å². The van der Waals surface area contributed by atoms with Crippen molar-refractivity contribution in [2.45, 2.75) is 91.9 Å². The van der Waals surface area contributed by atoms with Crippen LogP contribution in [0.4, 0.5) is 0 Å². The standard InChI is InChI=1S/C30H63N5O4/c1-5-9-11-27(7-3)25-38-29(36)13-15-31-17-19-33-21-23-35-24-22-34-20-18-32-16-14-30(37)39-26-28(8-4)12-10-6-2/h27-28,31-35H,5-26H2,1-4H3. The van der Waals surface area contributed by atoms with Crippen molar-refractivity contribution < 1.29 is 19.1 Å². The number of carbonyl (C=O) groups excluding carboxylic acids is 2. The number of hydrogen-bond acceptors (Lipinski definition) is 9. The van der Waals surface area contributed by atoms with Gasteiger partial charge in [-0.3, -0.25) is 9.59 Å². The SMILES string of the molecule is CCCCC(CC)COC(=O)CCNCCNCCNCCNCCNCCC(=O)OCC(CC)CCCC. The molecule has 0 aromatic carbocycles. The minimum atomic E-state index is -0.0997. The third-order valence-electron chi connectivity index (χ3n) is 6.97. The van der Waals surface area contributed by atoms with Gasteiger partial charge >= 0.3 is 11.9 Å². The highest BCUT2D eigenvalue weighted by Gasteiger charge is 2.10. The first-order chi connectivity index (χ1) is 19.1. The zero-order valence-corrected chi connectivity index (χ0v) is 25.8. The monoisotopic (exact) mass is 557 g/mol. The van der Waals surface area contributed by atoms with E-state index in [0.29, 0.717) is 51.0 Å². The largest absolute Gasteiger partial charge is 0.465 e. The van der Waals surface area contributed by atoms with Crippen molar-refractivity contribution in [1.29, 1.82) is 0 Å². The number of esters is 2. The minimum Gasteiger partial charge on any atom is -0.465 e. The molecule has 232 valence electrons. The van der Waals surface area contributed by atoms with Crippen LogP contribution >= 0.6 is 0 Å². The van der Waals surface area contributed by atoms with Gasteiger partial charge in [0, 0.05) is 65.4 Å². The van der Waals surface area contributed by atoms with Crippen LogP contribution in [0.3, 0.4) is 0 Å². The van der Waals surface area contributed by atoms with Gasteiger partial charge in [-0.05, 0) is 24.7 Å². The second-order valence-corrected chi connectivity index (χ2v) is 10.4. The van der Waals surface area contributed by atoms with Gasteiger partial charge in [-0.2, -0.15) is 0 Å². The van der Waals surface area contributed by atoms with Crippen molar-refractivity contribution in [3.05, 3.63) is 0 Å². The van der Waals surface area contributed by atoms with Gasteiger partial charge < -0.3 is 36.1 Å². The Morgan fingerprint density at radius 1 is 0.513 bits per heavy atom. The van der Waals surface area contributed by atoms with Gasteiger partial charge in [0.15, 0.2) is 0 Å². The van der Waals surface area contributed by atoms with Crippen LogP contribution in [0.5, 0.6) is 0 Å². The van der Waals surface area contributed by atoms with Gasteiger partial charge in [-0.15, -0.1) is 0 Å². The number of carbonyl (C=O) groups is 2. The van der Waals surface area contributed by atoms with E-state index in [9.17, 15) is 9.59 Å². The molecule has 39 heavy (non-hydrogen) atoms. The van der Waals surface area contributed by atoms with E-state index in [0.717, 1.165) is 78.0 Å². The highest BCUT2D eigenvalue weighted by molar-refractivity contribution is 5.69. The Labute approximate surface area is 240 Å². The molecule has 0 aliphatic rings. The van der Waals surface area contributed by atoms with Crippen molar-refractivity contribution in [2.24, 2.45) is 11.8 Å². The van der Waals surface area contributed by atoms with Crippen LogP contribution in [0.15, 0.2) is 0 Å². The molecule has 9 heteroatoms. The molecule has 2 atom stereocenters. The molecule has 0 heterocycles. The molecule has 0 aliphatic carbocycles. The molecular weight excluding hydrogens is 494 g/mol. The summed E-state index contributed by atoms with van der Waals surface area (Å²) in [7, 11) is 0. The number of unbranched alkanes of at least 4 members (excludes halogenated alkanes) is 2. The summed E-state index contributed by atoms with van der Waals surface area (Å²) in [5.74, 6) is 0.800. The third-order valence-corrected chi connectivity index (χ3v) is 6.97. The highest BCUT2D eigenvalue weighted by Crippen LogP contribution is 2.13. The van der Waals surface area contributed by atoms with Crippen molar-refractivity contribution in [2.75, 3.05) is 78.7 Å². The average Bonchev–Trinajstić information content (AvgIpc) is 2.94. The second-order valence-electron chi connectivity index (χ2n) is 10.4. The molecule has 2 unspecified atom stereocenters. The Balaban J connectivity index is 3.35. The van der Waals surface area contributed by atoms with Crippen LogP contribution in [0.1, 0.15) is 91.9 Å². The molecule has 0 saturated heterocycles. The van der Waals surface area contributed by atoms with Crippen molar-refractivity contribution in [3.8, 4) is 0 Å². The number of nitrogens with one attached hydrogen (secondary N) is 5. The molecule has 5 N–H and O–H groups in total. The normalized spacial score (nSPS) is 12.8. The fourth-order valence-corrected chi connectivity index (χ4v) is 4.08. The summed E-state index contributed by atoms with van der Waals surface area (Å²) < 4.78 is 10.8. The number of ether oxygens (including phenoxy) is 2. The molecule has 0 amide bonds. The van der Waals surface area contributed by atoms with E-state index in [1.54, 1.807) is 0 Å². The van der Waals surface area contributed by atoms with Gasteiger partial charge in [0.25, 0.3) is 0 Å². The van der Waals surface area contributed by atoms with Gasteiger partial charge in [-0.1, -0.05) is 66.2 Å². The van der Waals surface area contributed by atoms with E-state index in [1.165, 1.54) is 25.7 Å². The maximum Gasteiger partial charge on any atom is 0.307 e. The Kier molecular flexibility index (Phi) is 28.8. The molecule has 0 rings (SSSR count). The first-order valence-electron chi connectivity index (χ1n) is 15.9. The summed E-state index contributed by atoms with van der Waals surface area (Å²) in [6, 6.07) is 0. The lowest BCUT2D eigenvalue weighted by atomic mass is 10.0. The van der Waals surface area contributed by atoms with E-state index < -0.39 is 0 Å². The Morgan fingerprint density at radius 3 is 1.10 bits per heavy atom. The van der Waals surface area contributed by atoms with Crippen LogP contribution in [-0.2, 0) is 19.1 Å². The maximum absolute atomic E-state index is 11.9. The maximum atomic E-state index is 11.9. The Morgan fingerprint density at radius 2 is 0.821 bits per heavy atom. The molecular formula is C30H63N5O4. The number of hydrogen-bond donors (Lipinski definition) is 5. The predicted molar refractivity (Wildman–Crippen MR) is 162 cm³/mol. The minimum absolute atomic E-state index is 0.0997. The quantitative estimate of drug-likeness (QED) is 0.0671. The predicted octanol–water partition coefficient (Wildman–Crippen LogP) is 3.23. The Bertz CT molecular complexity index is 507. The zero-order valence-electron chi connectivity index (χ0n) is 25.8. The van der Waals surface area contributed by atoms with E-state index in [-0.39, 0.29) is 11.9 Å². The first-order valence-corrected chi connectivity index (χ1v) is 15.9. The van der Waals surface area contributed by atoms with Crippen molar-refractivity contribution in [3.63, 3.8) is 0 Å². The summed E-state index contributed by atoms with van der Waals surface area (Å²) in [5, 5.41) is 16.8. The van der Waals surface area contributed by atoms with Crippen molar-refractivity contribution >= 4 is 11.9 Å². The molecule has 0 aromatic rings. The fourth-order valence-electron chi connectivity index (χ4n) is 4.08. The second kappa shape index (κ2) is 29.7. The first kappa shape index (κ1) is 37.7. The Hall–Kier alpha value is -1.26. The third kappa shape index (κ3) is 26.7. The van der Waals surface area contributed by atoms with E-state index in [1.807, 2.05) is 0 Å². The summed E-state index contributed by atoms with van der Waals surface area (Å²) in [6.45, 7) is 18.2. The molecule has 0 bridgehead atoms. The summed E-state index contributed by atoms with van der Waals surface area (Å²) >= 11 is 0. The lowest BCUT2D eigenvalue weighted by Gasteiger charge is -2.14. The molecule has 9 nitrogen and oxygen atoms in total. The van der Waals surface area contributed by atoms with Crippen LogP contribution < -0.4 is 26.6 Å². The van der Waals surface area contributed by atoms with Crippen LogP contribution in [0, 0.1) is 11.8 Å². The van der Waals surface area contributed by atoms with Gasteiger partial charge in [0.2, 0.25) is 0 Å². The van der Waals surface area contributed by atoms with E-state index >= 15 is 0 Å². The molecule has 0 aliphatic heterocycles. The fraction of sp³-hybridized carbons (Fsp3) is 0.933. The van der Waals surface area contributed by atoms with E-state index in [2.05, 4.69) is 54.3 Å². The topological polar surface area (TPSA) is 113 Å². The molecule has 0 spiro atoms.